The fourth-order valence-electron chi connectivity index (χ4n) is 1.63. The van der Waals surface area contributed by atoms with Gasteiger partial charge in [-0.2, -0.15) is 5.26 Å². The zero-order valence-corrected chi connectivity index (χ0v) is 11.3. The van der Waals surface area contributed by atoms with Crippen LogP contribution in [-0.2, 0) is 0 Å². The zero-order valence-electron chi connectivity index (χ0n) is 10.5. The van der Waals surface area contributed by atoms with Crippen LogP contribution < -0.4 is 5.32 Å². The van der Waals surface area contributed by atoms with Crippen molar-refractivity contribution in [1.29, 1.82) is 5.26 Å². The van der Waals surface area contributed by atoms with E-state index >= 15 is 0 Å². The molecule has 0 atom stereocenters. The Morgan fingerprint density at radius 3 is 2.40 bits per heavy atom. The van der Waals surface area contributed by atoms with Crippen molar-refractivity contribution in [3.63, 3.8) is 0 Å². The highest BCUT2D eigenvalue weighted by molar-refractivity contribution is 6.32. The summed E-state index contributed by atoms with van der Waals surface area (Å²) in [5, 5.41) is 12.2. The molecule has 1 amide bonds. The Bertz CT molecular complexity index is 687. The molecule has 0 saturated carbocycles. The van der Waals surface area contributed by atoms with Crippen LogP contribution in [0.25, 0.3) is 6.08 Å². The van der Waals surface area contributed by atoms with Gasteiger partial charge in [-0.15, -0.1) is 0 Å². The molecule has 0 aliphatic carbocycles. The minimum absolute atomic E-state index is 0.145. The molecule has 20 heavy (non-hydrogen) atoms. The number of nitriles is 1. The standard InChI is InChI=1S/C16H11ClN2O/c17-15-9-5-4-8-13(15)10-14(11-18)19-16(20)12-6-2-1-3-7-12/h1-10H,(H,19,20)/b14-10-. The molecule has 0 aliphatic heterocycles. The van der Waals surface area contributed by atoms with Gasteiger partial charge in [-0.25, -0.2) is 0 Å². The predicted molar refractivity (Wildman–Crippen MR) is 79.0 cm³/mol. The second kappa shape index (κ2) is 6.55. The highest BCUT2D eigenvalue weighted by atomic mass is 35.5. The molecule has 4 heteroatoms. The van der Waals surface area contributed by atoms with Gasteiger partial charge in [0.1, 0.15) is 11.8 Å². The van der Waals surface area contributed by atoms with Gasteiger partial charge in [-0.05, 0) is 29.8 Å². The number of halogens is 1. The van der Waals surface area contributed by atoms with Gasteiger partial charge in [-0.1, -0.05) is 48.0 Å². The van der Waals surface area contributed by atoms with Gasteiger partial charge in [0, 0.05) is 10.6 Å². The Morgan fingerprint density at radius 2 is 1.75 bits per heavy atom. The van der Waals surface area contributed by atoms with E-state index in [2.05, 4.69) is 5.32 Å². The lowest BCUT2D eigenvalue weighted by molar-refractivity contribution is 0.0968. The molecule has 0 spiro atoms. The predicted octanol–water partition coefficient (Wildman–Crippen LogP) is 3.63. The third-order valence-electron chi connectivity index (χ3n) is 2.61. The van der Waals surface area contributed by atoms with Crippen LogP contribution in [0.2, 0.25) is 5.02 Å². The number of hydrogen-bond acceptors (Lipinski definition) is 2. The van der Waals surface area contributed by atoms with Gasteiger partial charge in [0.05, 0.1) is 0 Å². The number of carbonyl (C=O) groups excluding carboxylic acids is 1. The van der Waals surface area contributed by atoms with Crippen LogP contribution in [0, 0.1) is 11.3 Å². The lowest BCUT2D eigenvalue weighted by Crippen LogP contribution is -2.21. The first kappa shape index (κ1) is 13.9. The molecular formula is C16H11ClN2O. The monoisotopic (exact) mass is 282 g/mol. The summed E-state index contributed by atoms with van der Waals surface area (Å²) in [5.74, 6) is -0.328. The lowest BCUT2D eigenvalue weighted by Gasteiger charge is -2.04. The van der Waals surface area contributed by atoms with E-state index in [0.717, 1.165) is 0 Å². The summed E-state index contributed by atoms with van der Waals surface area (Å²) in [5.41, 5.74) is 1.32. The highest BCUT2D eigenvalue weighted by Crippen LogP contribution is 2.17. The van der Waals surface area contributed by atoms with E-state index in [1.807, 2.05) is 18.2 Å². The third-order valence-corrected chi connectivity index (χ3v) is 2.95. The molecule has 0 radical (unpaired) electrons. The molecule has 0 aromatic heterocycles. The van der Waals surface area contributed by atoms with Crippen LogP contribution in [-0.4, -0.2) is 5.91 Å². The van der Waals surface area contributed by atoms with E-state index in [-0.39, 0.29) is 11.6 Å². The van der Waals surface area contributed by atoms with Gasteiger partial charge in [-0.3, -0.25) is 4.79 Å². The van der Waals surface area contributed by atoms with Crippen LogP contribution in [0.4, 0.5) is 0 Å². The first-order valence-electron chi connectivity index (χ1n) is 5.93. The molecule has 1 N–H and O–H groups in total. The largest absolute Gasteiger partial charge is 0.313 e. The molecule has 2 aromatic rings. The maximum atomic E-state index is 12.0. The summed E-state index contributed by atoms with van der Waals surface area (Å²) in [6.45, 7) is 0. The zero-order chi connectivity index (χ0) is 14.4. The van der Waals surface area contributed by atoms with Gasteiger partial charge < -0.3 is 5.32 Å². The summed E-state index contributed by atoms with van der Waals surface area (Å²) >= 11 is 6.01. The van der Waals surface area contributed by atoms with Crippen LogP contribution in [0.5, 0.6) is 0 Å². The van der Waals surface area contributed by atoms with Gasteiger partial charge in [0.25, 0.3) is 5.91 Å². The molecule has 0 unspecified atom stereocenters. The molecule has 0 fully saturated rings. The summed E-state index contributed by atoms with van der Waals surface area (Å²) in [6.07, 6.45) is 1.54. The summed E-state index contributed by atoms with van der Waals surface area (Å²) < 4.78 is 0. The number of rotatable bonds is 3. The van der Waals surface area contributed by atoms with Crippen LogP contribution in [0.15, 0.2) is 60.3 Å². The molecule has 0 heterocycles. The molecule has 0 saturated heterocycles. The van der Waals surface area contributed by atoms with Crippen molar-refractivity contribution in [2.24, 2.45) is 0 Å². The van der Waals surface area contributed by atoms with Crippen molar-refractivity contribution >= 4 is 23.6 Å². The topological polar surface area (TPSA) is 52.9 Å². The van der Waals surface area contributed by atoms with Crippen molar-refractivity contribution in [3.05, 3.63) is 76.4 Å². The maximum Gasteiger partial charge on any atom is 0.256 e. The Labute approximate surface area is 122 Å². The minimum atomic E-state index is -0.328. The summed E-state index contributed by atoms with van der Waals surface area (Å²) in [6, 6.07) is 17.8. The summed E-state index contributed by atoms with van der Waals surface area (Å²) in [7, 11) is 0. The number of nitrogens with one attached hydrogen (secondary N) is 1. The van der Waals surface area contributed by atoms with Gasteiger partial charge in [0.2, 0.25) is 0 Å². The molecule has 0 aliphatic rings. The van der Waals surface area contributed by atoms with Gasteiger partial charge in [0.15, 0.2) is 0 Å². The van der Waals surface area contributed by atoms with Crippen molar-refractivity contribution < 1.29 is 4.79 Å². The Kier molecular flexibility index (Phi) is 4.54. The Hall–Kier alpha value is -2.57. The van der Waals surface area contributed by atoms with E-state index in [1.54, 1.807) is 48.5 Å². The Balaban J connectivity index is 2.21. The smallest absolute Gasteiger partial charge is 0.256 e. The number of allylic oxidation sites excluding steroid dienone is 1. The quantitative estimate of drug-likeness (QED) is 0.874. The normalized spacial score (nSPS) is 10.7. The van der Waals surface area contributed by atoms with Crippen LogP contribution in [0.1, 0.15) is 15.9 Å². The SMILES string of the molecule is N#C/C(=C/c1ccccc1Cl)NC(=O)c1ccccc1. The maximum absolute atomic E-state index is 12.0. The van der Waals surface area contributed by atoms with E-state index < -0.39 is 0 Å². The second-order valence-corrected chi connectivity index (χ2v) is 4.42. The van der Waals surface area contributed by atoms with Gasteiger partial charge >= 0.3 is 0 Å². The third kappa shape index (κ3) is 3.47. The molecular weight excluding hydrogens is 272 g/mol. The number of nitrogens with zero attached hydrogens (tertiary/aromatic N) is 1. The molecule has 3 nitrogen and oxygen atoms in total. The molecule has 2 rings (SSSR count). The number of carbonyl (C=O) groups is 1. The number of hydrogen-bond donors (Lipinski definition) is 1. The first-order valence-corrected chi connectivity index (χ1v) is 6.31. The molecule has 98 valence electrons. The van der Waals surface area contributed by atoms with Crippen molar-refractivity contribution in [3.8, 4) is 6.07 Å². The van der Waals surface area contributed by atoms with E-state index in [9.17, 15) is 4.79 Å². The second-order valence-electron chi connectivity index (χ2n) is 4.01. The highest BCUT2D eigenvalue weighted by Gasteiger charge is 2.07. The van der Waals surface area contributed by atoms with E-state index in [0.29, 0.717) is 16.1 Å². The first-order chi connectivity index (χ1) is 9.70. The fraction of sp³-hybridized carbons (Fsp3) is 0. The number of benzene rings is 2. The van der Waals surface area contributed by atoms with Crippen LogP contribution >= 0.6 is 11.6 Å². The van der Waals surface area contributed by atoms with Crippen molar-refractivity contribution in [1.82, 2.24) is 5.32 Å². The van der Waals surface area contributed by atoms with E-state index in [4.69, 9.17) is 16.9 Å². The Morgan fingerprint density at radius 1 is 1.10 bits per heavy atom. The average molecular weight is 283 g/mol. The summed E-state index contributed by atoms with van der Waals surface area (Å²) in [4.78, 5) is 12.0. The molecule has 2 aromatic carbocycles. The lowest BCUT2D eigenvalue weighted by atomic mass is 10.2. The number of amides is 1. The van der Waals surface area contributed by atoms with Crippen LogP contribution in [0.3, 0.4) is 0 Å². The fourth-order valence-corrected chi connectivity index (χ4v) is 1.82. The minimum Gasteiger partial charge on any atom is -0.313 e. The van der Waals surface area contributed by atoms with Crippen molar-refractivity contribution in [2.75, 3.05) is 0 Å². The van der Waals surface area contributed by atoms with E-state index in [1.165, 1.54) is 0 Å². The molecule has 0 bridgehead atoms. The average Bonchev–Trinajstić information content (AvgIpc) is 2.49. The van der Waals surface area contributed by atoms with Crippen molar-refractivity contribution in [2.45, 2.75) is 0 Å².